The fraction of sp³-hybridized carbons (Fsp3) is 0.421. The number of nitrogens with zero attached hydrogens (tertiary/aromatic N) is 1. The number of piperidine rings is 1. The molecule has 0 unspecified atom stereocenters. The molecule has 0 spiro atoms. The fourth-order valence-corrected chi connectivity index (χ4v) is 3.05. The van der Waals surface area contributed by atoms with Crippen molar-refractivity contribution in [1.29, 1.82) is 0 Å². The maximum atomic E-state index is 12.7. The van der Waals surface area contributed by atoms with Crippen LogP contribution in [0.5, 0.6) is 0 Å². The molecule has 0 bridgehead atoms. The van der Waals surface area contributed by atoms with Gasteiger partial charge in [-0.15, -0.1) is 0 Å². The number of aromatic nitrogens is 1. The molecule has 3 rings (SSSR count). The second kappa shape index (κ2) is 5.99. The first kappa shape index (κ1) is 14.9. The van der Waals surface area contributed by atoms with Gasteiger partial charge in [-0.25, -0.2) is 0 Å². The number of hydrogen-bond acceptors (Lipinski definition) is 1. The van der Waals surface area contributed by atoms with Gasteiger partial charge in [0.2, 0.25) is 0 Å². The number of hydrogen-bond donors (Lipinski definition) is 1. The maximum absolute atomic E-state index is 12.7. The molecule has 1 fully saturated rings. The van der Waals surface area contributed by atoms with Crippen LogP contribution in [0.25, 0.3) is 11.3 Å². The Hall–Kier alpha value is -2.03. The van der Waals surface area contributed by atoms with Crippen LogP contribution < -0.4 is 0 Å². The van der Waals surface area contributed by atoms with Crippen LogP contribution in [-0.4, -0.2) is 28.9 Å². The number of nitrogens with one attached hydrogen (secondary N) is 1. The molecule has 0 saturated carbocycles. The van der Waals surface area contributed by atoms with Gasteiger partial charge >= 0.3 is 0 Å². The topological polar surface area (TPSA) is 36.1 Å². The lowest BCUT2D eigenvalue weighted by Gasteiger charge is -2.30. The molecular formula is C19H24N2O. The predicted octanol–water partition coefficient (Wildman–Crippen LogP) is 4.17. The molecule has 3 nitrogen and oxygen atoms in total. The van der Waals surface area contributed by atoms with Crippen molar-refractivity contribution in [2.45, 2.75) is 33.6 Å². The zero-order valence-corrected chi connectivity index (χ0v) is 13.6. The van der Waals surface area contributed by atoms with E-state index in [9.17, 15) is 4.79 Å². The third-order valence-corrected chi connectivity index (χ3v) is 4.68. The van der Waals surface area contributed by atoms with Gasteiger partial charge in [0.1, 0.15) is 0 Å². The molecule has 22 heavy (non-hydrogen) atoms. The summed E-state index contributed by atoms with van der Waals surface area (Å²) in [6, 6.07) is 10.4. The first-order chi connectivity index (χ1) is 10.5. The highest BCUT2D eigenvalue weighted by Crippen LogP contribution is 2.25. The maximum Gasteiger partial charge on any atom is 0.255 e. The van der Waals surface area contributed by atoms with Crippen molar-refractivity contribution in [2.75, 3.05) is 13.1 Å². The number of benzene rings is 1. The number of carbonyl (C=O) groups is 1. The smallest absolute Gasteiger partial charge is 0.255 e. The molecule has 1 aliphatic rings. The van der Waals surface area contributed by atoms with Gasteiger partial charge in [0.15, 0.2) is 0 Å². The second-order valence-electron chi connectivity index (χ2n) is 6.56. The molecule has 1 aromatic carbocycles. The molecule has 2 heterocycles. The summed E-state index contributed by atoms with van der Waals surface area (Å²) >= 11 is 0. The number of rotatable bonds is 2. The van der Waals surface area contributed by atoms with E-state index in [1.807, 2.05) is 17.9 Å². The lowest BCUT2D eigenvalue weighted by Crippen LogP contribution is -2.38. The van der Waals surface area contributed by atoms with Crippen LogP contribution in [-0.2, 0) is 0 Å². The molecule has 1 N–H and O–H groups in total. The Morgan fingerprint density at radius 1 is 1.14 bits per heavy atom. The molecule has 1 aromatic heterocycles. The molecule has 1 saturated heterocycles. The first-order valence-corrected chi connectivity index (χ1v) is 8.10. The van der Waals surface area contributed by atoms with E-state index in [0.717, 1.165) is 54.4 Å². The van der Waals surface area contributed by atoms with Crippen LogP contribution in [0.2, 0.25) is 0 Å². The van der Waals surface area contributed by atoms with Crippen LogP contribution >= 0.6 is 0 Å². The summed E-state index contributed by atoms with van der Waals surface area (Å²) in [6.07, 6.45) is 2.22. The molecule has 0 aliphatic carbocycles. The predicted molar refractivity (Wildman–Crippen MR) is 90.0 cm³/mol. The Labute approximate surface area is 132 Å². The van der Waals surface area contributed by atoms with Crippen molar-refractivity contribution in [3.8, 4) is 11.3 Å². The van der Waals surface area contributed by atoms with E-state index >= 15 is 0 Å². The number of H-pyrrole nitrogens is 1. The molecule has 3 heteroatoms. The minimum absolute atomic E-state index is 0.166. The van der Waals surface area contributed by atoms with E-state index in [1.165, 1.54) is 5.56 Å². The van der Waals surface area contributed by atoms with Gasteiger partial charge in [0.25, 0.3) is 5.91 Å². The van der Waals surface area contributed by atoms with E-state index in [1.54, 1.807) is 0 Å². The lowest BCUT2D eigenvalue weighted by molar-refractivity contribution is 0.0696. The summed E-state index contributed by atoms with van der Waals surface area (Å²) in [7, 11) is 0. The number of amides is 1. The van der Waals surface area contributed by atoms with Gasteiger partial charge in [0, 0.05) is 24.5 Å². The van der Waals surface area contributed by atoms with E-state index < -0.39 is 0 Å². The standard InChI is InChI=1S/C19H24N2O/c1-13-4-6-16(7-5-13)18-12-17(15(3)20-18)19(22)21-10-8-14(2)9-11-21/h4-7,12,14,20H,8-11H2,1-3H3. The quantitative estimate of drug-likeness (QED) is 0.887. The number of aromatic amines is 1. The third kappa shape index (κ3) is 2.94. The van der Waals surface area contributed by atoms with Crippen molar-refractivity contribution in [3.05, 3.63) is 47.2 Å². The lowest BCUT2D eigenvalue weighted by atomic mass is 9.98. The SMILES string of the molecule is Cc1ccc(-c2cc(C(=O)N3CCC(C)CC3)c(C)[nH]2)cc1. The average Bonchev–Trinajstić information content (AvgIpc) is 2.90. The molecule has 1 aliphatic heterocycles. The van der Waals surface area contributed by atoms with Crippen molar-refractivity contribution in [3.63, 3.8) is 0 Å². The fourth-order valence-electron chi connectivity index (χ4n) is 3.05. The van der Waals surface area contributed by atoms with Crippen molar-refractivity contribution in [1.82, 2.24) is 9.88 Å². The summed E-state index contributed by atoms with van der Waals surface area (Å²) in [6.45, 7) is 8.08. The largest absolute Gasteiger partial charge is 0.358 e. The van der Waals surface area contributed by atoms with E-state index in [0.29, 0.717) is 0 Å². The second-order valence-corrected chi connectivity index (χ2v) is 6.56. The van der Waals surface area contributed by atoms with Crippen LogP contribution in [0.1, 0.15) is 41.4 Å². The summed E-state index contributed by atoms with van der Waals surface area (Å²) in [4.78, 5) is 18.1. The minimum atomic E-state index is 0.166. The summed E-state index contributed by atoms with van der Waals surface area (Å²) in [5.74, 6) is 0.901. The molecule has 1 amide bonds. The van der Waals surface area contributed by atoms with Gasteiger partial charge < -0.3 is 9.88 Å². The summed E-state index contributed by atoms with van der Waals surface area (Å²) in [5.41, 5.74) is 5.15. The van der Waals surface area contributed by atoms with E-state index in [2.05, 4.69) is 43.1 Å². The van der Waals surface area contributed by atoms with Crippen LogP contribution in [0.4, 0.5) is 0 Å². The molecule has 0 radical (unpaired) electrons. The molecule has 0 atom stereocenters. The number of aryl methyl sites for hydroxylation is 2. The van der Waals surface area contributed by atoms with Crippen LogP contribution in [0.15, 0.2) is 30.3 Å². The van der Waals surface area contributed by atoms with Gasteiger partial charge in [0.05, 0.1) is 5.56 Å². The van der Waals surface area contributed by atoms with Gasteiger partial charge in [-0.2, -0.15) is 0 Å². The van der Waals surface area contributed by atoms with Crippen LogP contribution in [0, 0.1) is 19.8 Å². The van der Waals surface area contributed by atoms with E-state index in [4.69, 9.17) is 0 Å². The van der Waals surface area contributed by atoms with Crippen molar-refractivity contribution < 1.29 is 4.79 Å². The number of likely N-dealkylation sites (tertiary alicyclic amines) is 1. The Morgan fingerprint density at radius 3 is 2.41 bits per heavy atom. The van der Waals surface area contributed by atoms with Crippen LogP contribution in [0.3, 0.4) is 0 Å². The molecule has 116 valence electrons. The Kier molecular flexibility index (Phi) is 4.06. The third-order valence-electron chi connectivity index (χ3n) is 4.68. The van der Waals surface area contributed by atoms with Gasteiger partial charge in [-0.3, -0.25) is 4.79 Å². The van der Waals surface area contributed by atoms with Gasteiger partial charge in [-0.1, -0.05) is 36.8 Å². The normalized spacial score (nSPS) is 16.0. The molecular weight excluding hydrogens is 272 g/mol. The minimum Gasteiger partial charge on any atom is -0.358 e. The Morgan fingerprint density at radius 2 is 1.77 bits per heavy atom. The zero-order valence-electron chi connectivity index (χ0n) is 13.6. The highest BCUT2D eigenvalue weighted by Gasteiger charge is 2.23. The highest BCUT2D eigenvalue weighted by atomic mass is 16.2. The highest BCUT2D eigenvalue weighted by molar-refractivity contribution is 5.96. The van der Waals surface area contributed by atoms with Crippen molar-refractivity contribution >= 4 is 5.91 Å². The zero-order chi connectivity index (χ0) is 15.7. The first-order valence-electron chi connectivity index (χ1n) is 8.10. The van der Waals surface area contributed by atoms with E-state index in [-0.39, 0.29) is 5.91 Å². The van der Waals surface area contributed by atoms with Gasteiger partial charge in [-0.05, 0) is 44.2 Å². The Bertz CT molecular complexity index is 661. The summed E-state index contributed by atoms with van der Waals surface area (Å²) < 4.78 is 0. The number of carbonyl (C=O) groups excluding carboxylic acids is 1. The monoisotopic (exact) mass is 296 g/mol. The average molecular weight is 296 g/mol. The molecule has 2 aromatic rings. The van der Waals surface area contributed by atoms with Crippen molar-refractivity contribution in [2.24, 2.45) is 5.92 Å². The summed E-state index contributed by atoms with van der Waals surface area (Å²) in [5, 5.41) is 0. The Balaban J connectivity index is 1.83.